The average Bonchev–Trinajstić information content (AvgIpc) is 3.45. The Bertz CT molecular complexity index is 1050. The second-order valence-electron chi connectivity index (χ2n) is 8.10. The number of rotatable bonds is 4. The Balaban J connectivity index is 1.44. The second kappa shape index (κ2) is 6.44. The van der Waals surface area contributed by atoms with Gasteiger partial charge in [0.25, 0.3) is 11.8 Å². The van der Waals surface area contributed by atoms with Crippen LogP contribution in [0.4, 0.5) is 0 Å². The lowest BCUT2D eigenvalue weighted by Crippen LogP contribution is -2.28. The minimum Gasteiger partial charge on any atom is -0.497 e. The molecule has 1 aliphatic heterocycles. The van der Waals surface area contributed by atoms with Crippen LogP contribution in [0.3, 0.4) is 0 Å². The summed E-state index contributed by atoms with van der Waals surface area (Å²) in [6, 6.07) is 9.85. The third-order valence-electron chi connectivity index (χ3n) is 6.54. The molecule has 3 aliphatic rings. The van der Waals surface area contributed by atoms with E-state index in [1.165, 1.54) is 0 Å². The van der Waals surface area contributed by atoms with E-state index in [4.69, 9.17) is 4.74 Å². The van der Waals surface area contributed by atoms with Crippen molar-refractivity contribution in [2.24, 2.45) is 28.8 Å². The third-order valence-corrected chi connectivity index (χ3v) is 6.54. The van der Waals surface area contributed by atoms with E-state index in [-0.39, 0.29) is 35.5 Å². The molecule has 2 amide bonds. The van der Waals surface area contributed by atoms with Gasteiger partial charge in [-0.1, -0.05) is 18.2 Å². The number of fused-ring (bicyclic) bond motifs is 5. The lowest BCUT2D eigenvalue weighted by atomic mass is 9.85. The van der Waals surface area contributed by atoms with E-state index in [9.17, 15) is 9.59 Å². The highest BCUT2D eigenvalue weighted by molar-refractivity contribution is 6.06. The molecule has 1 aromatic carbocycles. The molecule has 29 heavy (non-hydrogen) atoms. The van der Waals surface area contributed by atoms with Crippen LogP contribution in [0.25, 0.3) is 5.69 Å². The van der Waals surface area contributed by atoms with Gasteiger partial charge in [0.05, 0.1) is 25.2 Å². The molecule has 4 atom stereocenters. The minimum atomic E-state index is -0.223. The minimum absolute atomic E-state index is 0.158. The number of allylic oxidation sites excluding steroid dienone is 2. The number of benzene rings is 1. The van der Waals surface area contributed by atoms with Crippen molar-refractivity contribution in [1.82, 2.24) is 9.58 Å². The Hall–Kier alpha value is -3.15. The SMILES string of the molecule is COc1cccc(-n2c(C)cc(C=NN3C(=O)C4C5C=CC(C5)C4C3=O)c2C)c1. The molecule has 1 saturated heterocycles. The molecule has 2 fully saturated rings. The second-order valence-corrected chi connectivity index (χ2v) is 8.10. The number of aryl methyl sites for hydroxylation is 1. The summed E-state index contributed by atoms with van der Waals surface area (Å²) < 4.78 is 7.44. The fourth-order valence-corrected chi connectivity index (χ4v) is 5.19. The van der Waals surface area contributed by atoms with Gasteiger partial charge in [-0.25, -0.2) is 0 Å². The van der Waals surface area contributed by atoms with Gasteiger partial charge in [-0.2, -0.15) is 10.1 Å². The number of imide groups is 1. The van der Waals surface area contributed by atoms with E-state index >= 15 is 0 Å². The van der Waals surface area contributed by atoms with Gasteiger partial charge < -0.3 is 9.30 Å². The van der Waals surface area contributed by atoms with Gasteiger partial charge in [-0.3, -0.25) is 9.59 Å². The molecule has 2 aliphatic carbocycles. The quantitative estimate of drug-likeness (QED) is 0.458. The number of amides is 2. The average molecular weight is 389 g/mol. The number of carbonyl (C=O) groups is 2. The topological polar surface area (TPSA) is 63.9 Å². The number of nitrogens with zero attached hydrogens (tertiary/aromatic N) is 3. The Morgan fingerprint density at radius 2 is 1.76 bits per heavy atom. The summed E-state index contributed by atoms with van der Waals surface area (Å²) in [6.07, 6.45) is 6.73. The molecule has 6 heteroatoms. The monoisotopic (exact) mass is 389 g/mol. The smallest absolute Gasteiger partial charge is 0.254 e. The number of ether oxygens (including phenoxy) is 1. The lowest BCUT2D eigenvalue weighted by molar-refractivity contribution is -0.140. The third kappa shape index (κ3) is 2.58. The summed E-state index contributed by atoms with van der Waals surface area (Å²) in [7, 11) is 1.65. The van der Waals surface area contributed by atoms with Crippen LogP contribution in [-0.2, 0) is 9.59 Å². The van der Waals surface area contributed by atoms with Crippen LogP contribution in [0.5, 0.6) is 5.75 Å². The molecule has 0 radical (unpaired) electrons. The summed E-state index contributed by atoms with van der Waals surface area (Å²) in [5.74, 6) is 0.412. The van der Waals surface area contributed by atoms with Crippen molar-refractivity contribution in [2.45, 2.75) is 20.3 Å². The number of hydrogen-bond donors (Lipinski definition) is 0. The molecule has 2 heterocycles. The number of hydrazone groups is 1. The van der Waals surface area contributed by atoms with E-state index < -0.39 is 0 Å². The zero-order chi connectivity index (χ0) is 20.3. The predicted octanol–water partition coefficient (Wildman–Crippen LogP) is 3.24. The fraction of sp³-hybridized carbons (Fsp3) is 0.348. The molecule has 0 spiro atoms. The zero-order valence-electron chi connectivity index (χ0n) is 16.7. The van der Waals surface area contributed by atoms with Crippen molar-refractivity contribution in [2.75, 3.05) is 7.11 Å². The first kappa shape index (κ1) is 17.9. The Kier molecular flexibility index (Phi) is 3.98. The summed E-state index contributed by atoms with van der Waals surface area (Å²) in [4.78, 5) is 25.6. The molecule has 2 aromatic rings. The first-order valence-corrected chi connectivity index (χ1v) is 9.93. The Morgan fingerprint density at radius 1 is 1.07 bits per heavy atom. The molecule has 4 unspecified atom stereocenters. The van der Waals surface area contributed by atoms with E-state index in [2.05, 4.69) is 21.8 Å². The normalized spacial score (nSPS) is 27.5. The fourth-order valence-electron chi connectivity index (χ4n) is 5.19. The van der Waals surface area contributed by atoms with Crippen molar-refractivity contribution >= 4 is 18.0 Å². The molecule has 2 bridgehead atoms. The molecule has 148 valence electrons. The van der Waals surface area contributed by atoms with Crippen molar-refractivity contribution in [3.8, 4) is 11.4 Å². The van der Waals surface area contributed by atoms with Gasteiger partial charge >= 0.3 is 0 Å². The van der Waals surface area contributed by atoms with Crippen LogP contribution in [0.15, 0.2) is 47.6 Å². The molecule has 1 saturated carbocycles. The lowest BCUT2D eigenvalue weighted by Gasteiger charge is -2.13. The van der Waals surface area contributed by atoms with Crippen molar-refractivity contribution in [3.63, 3.8) is 0 Å². The highest BCUT2D eigenvalue weighted by Crippen LogP contribution is 2.52. The summed E-state index contributed by atoms with van der Waals surface area (Å²) in [5.41, 5.74) is 3.89. The number of hydrogen-bond acceptors (Lipinski definition) is 4. The van der Waals surface area contributed by atoms with E-state index in [0.717, 1.165) is 39.8 Å². The Morgan fingerprint density at radius 3 is 2.41 bits per heavy atom. The summed E-state index contributed by atoms with van der Waals surface area (Å²) >= 11 is 0. The van der Waals surface area contributed by atoms with Crippen LogP contribution >= 0.6 is 0 Å². The van der Waals surface area contributed by atoms with Crippen LogP contribution in [0, 0.1) is 37.5 Å². The van der Waals surface area contributed by atoms with Gasteiger partial charge in [-0.15, -0.1) is 0 Å². The standard InChI is InChI=1S/C23H23N3O3/c1-13-9-17(14(2)25(13)18-5-4-6-19(11-18)29-3)12-24-26-22(27)20-15-7-8-16(10-15)21(20)23(26)28/h4-9,11-12,15-16,20-21H,10H2,1-3H3. The van der Waals surface area contributed by atoms with Crippen molar-refractivity contribution in [3.05, 3.63) is 59.4 Å². The first-order valence-electron chi connectivity index (χ1n) is 9.93. The van der Waals surface area contributed by atoms with Gasteiger partial charge in [0, 0.05) is 28.7 Å². The molecular formula is C23H23N3O3. The van der Waals surface area contributed by atoms with Gasteiger partial charge in [-0.05, 0) is 50.3 Å². The summed E-state index contributed by atoms with van der Waals surface area (Å²) in [6.45, 7) is 4.02. The highest BCUT2D eigenvalue weighted by Gasteiger charge is 2.59. The van der Waals surface area contributed by atoms with E-state index in [1.807, 2.05) is 44.2 Å². The van der Waals surface area contributed by atoms with Gasteiger partial charge in [0.2, 0.25) is 0 Å². The maximum Gasteiger partial charge on any atom is 0.254 e. The van der Waals surface area contributed by atoms with Gasteiger partial charge in [0.1, 0.15) is 5.75 Å². The molecule has 0 N–H and O–H groups in total. The molecule has 1 aromatic heterocycles. The zero-order valence-corrected chi connectivity index (χ0v) is 16.7. The number of methoxy groups -OCH3 is 1. The maximum absolute atomic E-state index is 12.8. The number of aromatic nitrogens is 1. The largest absolute Gasteiger partial charge is 0.497 e. The molecular weight excluding hydrogens is 366 g/mol. The van der Waals surface area contributed by atoms with E-state index in [1.54, 1.807) is 13.3 Å². The van der Waals surface area contributed by atoms with Crippen LogP contribution in [0.2, 0.25) is 0 Å². The number of carbonyl (C=O) groups excluding carboxylic acids is 2. The van der Waals surface area contributed by atoms with Gasteiger partial charge in [0.15, 0.2) is 0 Å². The van der Waals surface area contributed by atoms with Crippen LogP contribution in [-0.4, -0.2) is 34.7 Å². The molecule has 6 nitrogen and oxygen atoms in total. The van der Waals surface area contributed by atoms with Crippen LogP contribution in [0.1, 0.15) is 23.4 Å². The van der Waals surface area contributed by atoms with Crippen molar-refractivity contribution < 1.29 is 14.3 Å². The predicted molar refractivity (Wildman–Crippen MR) is 109 cm³/mol. The van der Waals surface area contributed by atoms with Crippen molar-refractivity contribution in [1.29, 1.82) is 0 Å². The maximum atomic E-state index is 12.8. The summed E-state index contributed by atoms with van der Waals surface area (Å²) in [5, 5.41) is 5.42. The molecule has 5 rings (SSSR count). The van der Waals surface area contributed by atoms with Crippen LogP contribution < -0.4 is 4.74 Å². The first-order chi connectivity index (χ1) is 14.0. The highest BCUT2D eigenvalue weighted by atomic mass is 16.5. The van der Waals surface area contributed by atoms with E-state index in [0.29, 0.717) is 0 Å². The Labute approximate surface area is 169 Å².